The number of benzene rings is 1. The van der Waals surface area contributed by atoms with Crippen molar-refractivity contribution in [3.05, 3.63) is 33.9 Å². The predicted molar refractivity (Wildman–Crippen MR) is 83.9 cm³/mol. The van der Waals surface area contributed by atoms with E-state index >= 15 is 0 Å². The number of anilines is 1. The molecule has 0 fully saturated rings. The van der Waals surface area contributed by atoms with Gasteiger partial charge in [-0.3, -0.25) is 4.79 Å². The third-order valence-electron chi connectivity index (χ3n) is 2.90. The van der Waals surface area contributed by atoms with Gasteiger partial charge in [-0.15, -0.1) is 13.2 Å². The van der Waals surface area contributed by atoms with Gasteiger partial charge in [-0.05, 0) is 0 Å². The van der Waals surface area contributed by atoms with E-state index in [1.807, 2.05) is 6.07 Å². The molecule has 0 saturated heterocycles. The van der Waals surface area contributed by atoms with E-state index in [9.17, 15) is 18.0 Å². The Morgan fingerprint density at radius 2 is 2.00 bits per heavy atom. The van der Waals surface area contributed by atoms with E-state index in [-0.39, 0.29) is 33.5 Å². The normalized spacial score (nSPS) is 11.1. The quantitative estimate of drug-likeness (QED) is 0.840. The summed E-state index contributed by atoms with van der Waals surface area (Å²) in [6.45, 7) is 1.60. The second kappa shape index (κ2) is 7.21. The molecule has 2 aromatic rings. The second-order valence-electron chi connectivity index (χ2n) is 4.62. The van der Waals surface area contributed by atoms with Crippen molar-refractivity contribution in [2.75, 3.05) is 5.32 Å². The number of aromatic nitrogens is 2. The Bertz CT molecular complexity index is 836. The number of amides is 1. The van der Waals surface area contributed by atoms with Crippen LogP contribution in [0.3, 0.4) is 0 Å². The minimum absolute atomic E-state index is 0.00244. The van der Waals surface area contributed by atoms with Crippen molar-refractivity contribution in [2.45, 2.75) is 19.7 Å². The fourth-order valence-electron chi connectivity index (χ4n) is 1.88. The fourth-order valence-corrected chi connectivity index (χ4v) is 2.50. The van der Waals surface area contributed by atoms with Crippen LogP contribution < -0.4 is 10.1 Å². The number of hydrogen-bond acceptors (Lipinski definition) is 4. The fraction of sp³-hybridized carbons (Fsp3) is 0.214. The number of carbonyl (C=O) groups is 1. The first-order valence-corrected chi connectivity index (χ1v) is 7.45. The van der Waals surface area contributed by atoms with E-state index in [4.69, 9.17) is 28.5 Å². The van der Waals surface area contributed by atoms with Gasteiger partial charge in [0, 0.05) is 18.6 Å². The van der Waals surface area contributed by atoms with Crippen LogP contribution in [0, 0.1) is 11.3 Å². The molecule has 0 radical (unpaired) electrons. The van der Waals surface area contributed by atoms with Crippen molar-refractivity contribution in [1.29, 1.82) is 5.26 Å². The maximum atomic E-state index is 12.3. The van der Waals surface area contributed by atoms with Gasteiger partial charge in [-0.2, -0.15) is 10.4 Å². The van der Waals surface area contributed by atoms with Crippen LogP contribution in [0.5, 0.6) is 5.75 Å². The number of rotatable bonds is 4. The maximum Gasteiger partial charge on any atom is 0.573 e. The van der Waals surface area contributed by atoms with Crippen LogP contribution in [0.1, 0.15) is 18.9 Å². The first-order valence-electron chi connectivity index (χ1n) is 6.69. The van der Waals surface area contributed by atoms with Gasteiger partial charge in [-0.25, -0.2) is 4.68 Å². The molecule has 1 N–H and O–H groups in total. The van der Waals surface area contributed by atoms with Crippen molar-refractivity contribution >= 4 is 34.9 Å². The van der Waals surface area contributed by atoms with Crippen LogP contribution in [-0.4, -0.2) is 22.1 Å². The monoisotopic (exact) mass is 392 g/mol. The highest BCUT2D eigenvalue weighted by Crippen LogP contribution is 2.37. The summed E-state index contributed by atoms with van der Waals surface area (Å²) >= 11 is 12.0. The summed E-state index contributed by atoms with van der Waals surface area (Å²) < 4.78 is 41.8. The SMILES string of the molecule is CCC(=O)Nc1c(C#N)cnn1-c1c(Cl)cc(OC(F)(F)F)cc1Cl. The molecule has 2 rings (SSSR count). The number of nitriles is 1. The molecule has 0 aliphatic rings. The van der Waals surface area contributed by atoms with Crippen LogP contribution in [0.4, 0.5) is 19.0 Å². The number of ether oxygens (including phenoxy) is 1. The van der Waals surface area contributed by atoms with Gasteiger partial charge in [0.15, 0.2) is 5.82 Å². The first kappa shape index (κ1) is 18.9. The third kappa shape index (κ3) is 4.35. The zero-order valence-corrected chi connectivity index (χ0v) is 14.0. The molecule has 0 saturated carbocycles. The molecule has 0 aliphatic heterocycles. The first-order chi connectivity index (χ1) is 11.7. The Morgan fingerprint density at radius 3 is 2.48 bits per heavy atom. The second-order valence-corrected chi connectivity index (χ2v) is 5.43. The lowest BCUT2D eigenvalue weighted by atomic mass is 10.3. The van der Waals surface area contributed by atoms with Crippen molar-refractivity contribution < 1.29 is 22.7 Å². The standard InChI is InChI=1S/C14H9Cl2F3N4O2/c1-2-11(24)22-13-7(5-20)6-21-23(13)12-9(15)3-8(4-10(12)16)25-14(17,18)19/h3-4,6H,2H2,1H3,(H,22,24). The highest BCUT2D eigenvalue weighted by Gasteiger charge is 2.32. The number of nitrogens with zero attached hydrogens (tertiary/aromatic N) is 3. The molecule has 0 unspecified atom stereocenters. The van der Waals surface area contributed by atoms with E-state index < -0.39 is 18.0 Å². The summed E-state index contributed by atoms with van der Waals surface area (Å²) in [5.41, 5.74) is 0.0234. The van der Waals surface area contributed by atoms with Gasteiger partial charge in [0.05, 0.1) is 16.2 Å². The van der Waals surface area contributed by atoms with E-state index in [1.54, 1.807) is 6.92 Å². The van der Waals surface area contributed by atoms with Crippen LogP contribution in [0.25, 0.3) is 5.69 Å². The molecule has 1 amide bonds. The summed E-state index contributed by atoms with van der Waals surface area (Å²) in [5, 5.41) is 15.1. The Hall–Kier alpha value is -2.44. The Balaban J connectivity index is 2.54. The largest absolute Gasteiger partial charge is 0.573 e. The Kier molecular flexibility index (Phi) is 5.45. The number of alkyl halides is 3. The molecule has 25 heavy (non-hydrogen) atoms. The topological polar surface area (TPSA) is 79.9 Å². The molecule has 0 bridgehead atoms. The summed E-state index contributed by atoms with van der Waals surface area (Å²) in [5.74, 6) is -1.01. The predicted octanol–water partition coefficient (Wildman–Crippen LogP) is 4.30. The van der Waals surface area contributed by atoms with Crippen LogP contribution in [0.2, 0.25) is 10.0 Å². The molecule has 1 heterocycles. The van der Waals surface area contributed by atoms with Crippen molar-refractivity contribution in [1.82, 2.24) is 9.78 Å². The molecule has 6 nitrogen and oxygen atoms in total. The molecular formula is C14H9Cl2F3N4O2. The zero-order chi connectivity index (χ0) is 18.8. The maximum absolute atomic E-state index is 12.3. The molecule has 11 heteroatoms. The van der Waals surface area contributed by atoms with E-state index in [2.05, 4.69) is 15.2 Å². The molecular weight excluding hydrogens is 384 g/mol. The van der Waals surface area contributed by atoms with Gasteiger partial charge in [-0.1, -0.05) is 30.1 Å². The van der Waals surface area contributed by atoms with Gasteiger partial charge < -0.3 is 10.1 Å². The summed E-state index contributed by atoms with van der Waals surface area (Å²) in [7, 11) is 0. The summed E-state index contributed by atoms with van der Waals surface area (Å²) in [4.78, 5) is 11.6. The van der Waals surface area contributed by atoms with Gasteiger partial charge in [0.1, 0.15) is 23.1 Å². The van der Waals surface area contributed by atoms with Crippen molar-refractivity contribution in [3.63, 3.8) is 0 Å². The van der Waals surface area contributed by atoms with Gasteiger partial charge >= 0.3 is 6.36 Å². The third-order valence-corrected chi connectivity index (χ3v) is 3.48. The van der Waals surface area contributed by atoms with Crippen molar-refractivity contribution in [2.24, 2.45) is 0 Å². The smallest absolute Gasteiger partial charge is 0.406 e. The molecule has 0 atom stereocenters. The Morgan fingerprint density at radius 1 is 1.40 bits per heavy atom. The minimum atomic E-state index is -4.91. The molecule has 1 aromatic heterocycles. The molecule has 0 aliphatic carbocycles. The average Bonchev–Trinajstić information content (AvgIpc) is 2.87. The average molecular weight is 393 g/mol. The molecule has 0 spiro atoms. The lowest BCUT2D eigenvalue weighted by Crippen LogP contribution is -2.17. The number of hydrogen-bond donors (Lipinski definition) is 1. The number of nitrogens with one attached hydrogen (secondary N) is 1. The molecule has 132 valence electrons. The van der Waals surface area contributed by atoms with E-state index in [0.29, 0.717) is 0 Å². The van der Waals surface area contributed by atoms with Crippen molar-refractivity contribution in [3.8, 4) is 17.5 Å². The summed E-state index contributed by atoms with van der Waals surface area (Å²) in [6.07, 6.45) is -3.61. The molecule has 1 aromatic carbocycles. The highest BCUT2D eigenvalue weighted by atomic mass is 35.5. The van der Waals surface area contributed by atoms with E-state index in [1.165, 1.54) is 0 Å². The van der Waals surface area contributed by atoms with Crippen LogP contribution in [-0.2, 0) is 4.79 Å². The lowest BCUT2D eigenvalue weighted by Gasteiger charge is -2.14. The van der Waals surface area contributed by atoms with Crippen LogP contribution >= 0.6 is 23.2 Å². The van der Waals surface area contributed by atoms with E-state index in [0.717, 1.165) is 23.0 Å². The lowest BCUT2D eigenvalue weighted by molar-refractivity contribution is -0.274. The number of halogens is 5. The highest BCUT2D eigenvalue weighted by molar-refractivity contribution is 6.38. The van der Waals surface area contributed by atoms with Gasteiger partial charge in [0.2, 0.25) is 5.91 Å². The van der Waals surface area contributed by atoms with Crippen LogP contribution in [0.15, 0.2) is 18.3 Å². The van der Waals surface area contributed by atoms with Gasteiger partial charge in [0.25, 0.3) is 0 Å². The number of carbonyl (C=O) groups excluding carboxylic acids is 1. The Labute approximate surface area is 149 Å². The zero-order valence-electron chi connectivity index (χ0n) is 12.5. The minimum Gasteiger partial charge on any atom is -0.406 e. The summed E-state index contributed by atoms with van der Waals surface area (Å²) in [6, 6.07) is 3.64.